The van der Waals surface area contributed by atoms with E-state index in [0.29, 0.717) is 16.9 Å². The summed E-state index contributed by atoms with van der Waals surface area (Å²) in [5.41, 5.74) is 2.25. The molecule has 0 saturated carbocycles. The number of hydrogen-bond acceptors (Lipinski definition) is 3. The average molecular weight is 289 g/mol. The lowest BCUT2D eigenvalue weighted by atomic mass is 10.1. The Hall–Kier alpha value is -3.01. The highest BCUT2D eigenvalue weighted by atomic mass is 16.4. The van der Waals surface area contributed by atoms with E-state index in [1.54, 1.807) is 7.05 Å². The largest absolute Gasteiger partial charge is 0.450 e. The molecule has 0 fully saturated rings. The summed E-state index contributed by atoms with van der Waals surface area (Å²) in [6.07, 6.45) is 0. The lowest BCUT2D eigenvalue weighted by Crippen LogP contribution is -2.15. The number of para-hydroxylation sites is 2. The number of rotatable bonds is 0. The van der Waals surface area contributed by atoms with Crippen molar-refractivity contribution in [2.75, 3.05) is 0 Å². The van der Waals surface area contributed by atoms with Crippen LogP contribution in [0.3, 0.4) is 0 Å². The fourth-order valence-electron chi connectivity index (χ4n) is 3.20. The summed E-state index contributed by atoms with van der Waals surface area (Å²) in [6, 6.07) is 15.5. The molecule has 3 heterocycles. The van der Waals surface area contributed by atoms with Gasteiger partial charge in [0.05, 0.1) is 5.39 Å². The molecule has 0 amide bonds. The maximum Gasteiger partial charge on any atom is 0.296 e. The molecule has 0 aliphatic carbocycles. The number of fused-ring (bicyclic) bond motifs is 7. The van der Waals surface area contributed by atoms with Crippen molar-refractivity contribution in [3.05, 3.63) is 58.9 Å². The first-order valence-electron chi connectivity index (χ1n) is 7.07. The summed E-state index contributed by atoms with van der Waals surface area (Å²) < 4.78 is 13.2. The van der Waals surface area contributed by atoms with Gasteiger partial charge in [0, 0.05) is 23.2 Å². The Morgan fingerprint density at radius 3 is 2.14 bits per heavy atom. The molecule has 0 N–H and O–H groups in total. The molecular weight excluding hydrogens is 278 g/mol. The smallest absolute Gasteiger partial charge is 0.296 e. The molecule has 0 spiro atoms. The van der Waals surface area contributed by atoms with Crippen molar-refractivity contribution >= 4 is 44.0 Å². The molecule has 0 bridgehead atoms. The molecular formula is C18H11NO3. The van der Waals surface area contributed by atoms with Crippen molar-refractivity contribution in [3.8, 4) is 0 Å². The van der Waals surface area contributed by atoms with Crippen LogP contribution >= 0.6 is 0 Å². The second-order valence-electron chi connectivity index (χ2n) is 5.44. The van der Waals surface area contributed by atoms with E-state index in [1.165, 1.54) is 4.57 Å². The molecule has 22 heavy (non-hydrogen) atoms. The third-order valence-corrected chi connectivity index (χ3v) is 4.23. The molecule has 4 nitrogen and oxygen atoms in total. The summed E-state index contributed by atoms with van der Waals surface area (Å²) >= 11 is 0. The van der Waals surface area contributed by atoms with Gasteiger partial charge < -0.3 is 8.83 Å². The fourth-order valence-corrected chi connectivity index (χ4v) is 3.20. The first-order valence-corrected chi connectivity index (χ1v) is 7.07. The van der Waals surface area contributed by atoms with E-state index in [0.717, 1.165) is 27.1 Å². The monoisotopic (exact) mass is 289 g/mol. The predicted octanol–water partition coefficient (Wildman–Crippen LogP) is 4.18. The van der Waals surface area contributed by atoms with Crippen LogP contribution in [0.2, 0.25) is 0 Å². The third-order valence-electron chi connectivity index (χ3n) is 4.23. The summed E-state index contributed by atoms with van der Waals surface area (Å²) in [5, 5.41) is 3.69. The van der Waals surface area contributed by atoms with Crippen molar-refractivity contribution in [1.29, 1.82) is 0 Å². The van der Waals surface area contributed by atoms with E-state index in [9.17, 15) is 4.79 Å². The van der Waals surface area contributed by atoms with E-state index in [2.05, 4.69) is 0 Å². The molecule has 3 aromatic heterocycles. The molecule has 0 radical (unpaired) electrons. The van der Waals surface area contributed by atoms with Crippen LogP contribution in [0.1, 0.15) is 0 Å². The van der Waals surface area contributed by atoms with Crippen LogP contribution < -0.4 is 5.56 Å². The van der Waals surface area contributed by atoms with E-state index in [4.69, 9.17) is 8.83 Å². The predicted molar refractivity (Wildman–Crippen MR) is 86.2 cm³/mol. The molecule has 0 aliphatic heterocycles. The Kier molecular flexibility index (Phi) is 2.01. The van der Waals surface area contributed by atoms with Crippen LogP contribution in [0, 0.1) is 0 Å². The van der Waals surface area contributed by atoms with Crippen molar-refractivity contribution < 1.29 is 8.83 Å². The number of aromatic nitrogens is 1. The quantitative estimate of drug-likeness (QED) is 0.429. The summed E-state index contributed by atoms with van der Waals surface area (Å²) in [5.74, 6) is 0. The number of pyridine rings is 1. The Morgan fingerprint density at radius 2 is 1.41 bits per heavy atom. The topological polar surface area (TPSA) is 48.3 Å². The zero-order valence-electron chi connectivity index (χ0n) is 11.8. The van der Waals surface area contributed by atoms with Gasteiger partial charge in [-0.05, 0) is 12.1 Å². The fraction of sp³-hybridized carbons (Fsp3) is 0.0556. The maximum atomic E-state index is 12.6. The molecule has 2 aromatic carbocycles. The second kappa shape index (κ2) is 3.80. The van der Waals surface area contributed by atoms with Crippen molar-refractivity contribution in [2.45, 2.75) is 0 Å². The Labute approximate surface area is 124 Å². The van der Waals surface area contributed by atoms with Gasteiger partial charge in [0.15, 0.2) is 0 Å². The molecule has 0 atom stereocenters. The first-order chi connectivity index (χ1) is 10.8. The zero-order chi connectivity index (χ0) is 14.8. The summed E-state index contributed by atoms with van der Waals surface area (Å²) in [4.78, 5) is 12.6. The summed E-state index contributed by atoms with van der Waals surface area (Å²) in [7, 11) is 1.71. The molecule has 5 aromatic rings. The number of benzene rings is 2. The molecule has 106 valence electrons. The van der Waals surface area contributed by atoms with E-state index >= 15 is 0 Å². The Balaban J connectivity index is 2.26. The van der Waals surface area contributed by atoms with Crippen LogP contribution in [0.15, 0.2) is 62.2 Å². The molecule has 0 unspecified atom stereocenters. The summed E-state index contributed by atoms with van der Waals surface area (Å²) in [6.45, 7) is 0. The maximum absolute atomic E-state index is 12.6. The van der Waals surface area contributed by atoms with Crippen LogP contribution in [-0.2, 0) is 7.05 Å². The Morgan fingerprint density at radius 1 is 0.818 bits per heavy atom. The molecule has 5 rings (SSSR count). The standard InChI is InChI=1S/C18H11NO3/c1-19-17(20)16-14(10-6-2-4-8-12(10)21-16)15-11-7-3-5-9-13(11)22-18(15)19/h2-9H,1H3. The van der Waals surface area contributed by atoms with Crippen molar-refractivity contribution in [2.24, 2.45) is 7.05 Å². The first kappa shape index (κ1) is 11.6. The SMILES string of the molecule is Cn1c(=O)c2oc3ccccc3c2c2c3ccccc3oc21. The van der Waals surface area contributed by atoms with Gasteiger partial charge in [0.1, 0.15) is 11.2 Å². The molecule has 0 saturated heterocycles. The van der Waals surface area contributed by atoms with Gasteiger partial charge in [-0.25, -0.2) is 0 Å². The van der Waals surface area contributed by atoms with Gasteiger partial charge in [-0.1, -0.05) is 36.4 Å². The number of aryl methyl sites for hydroxylation is 1. The van der Waals surface area contributed by atoms with Gasteiger partial charge in [-0.3, -0.25) is 9.36 Å². The lowest BCUT2D eigenvalue weighted by Gasteiger charge is -1.99. The average Bonchev–Trinajstić information content (AvgIpc) is 3.10. The van der Waals surface area contributed by atoms with Crippen molar-refractivity contribution in [1.82, 2.24) is 4.57 Å². The highest BCUT2D eigenvalue weighted by molar-refractivity contribution is 6.24. The van der Waals surface area contributed by atoms with E-state index in [1.807, 2.05) is 48.5 Å². The number of nitrogens with zero attached hydrogens (tertiary/aromatic N) is 1. The minimum atomic E-state index is -0.183. The molecule has 0 aliphatic rings. The second-order valence-corrected chi connectivity index (χ2v) is 5.44. The van der Waals surface area contributed by atoms with Gasteiger partial charge in [-0.2, -0.15) is 0 Å². The Bertz CT molecular complexity index is 1250. The van der Waals surface area contributed by atoms with Crippen LogP contribution in [0.5, 0.6) is 0 Å². The highest BCUT2D eigenvalue weighted by Gasteiger charge is 2.20. The van der Waals surface area contributed by atoms with Crippen LogP contribution in [-0.4, -0.2) is 4.57 Å². The van der Waals surface area contributed by atoms with E-state index in [-0.39, 0.29) is 5.56 Å². The van der Waals surface area contributed by atoms with E-state index < -0.39 is 0 Å². The normalized spacial score (nSPS) is 12.0. The minimum Gasteiger partial charge on any atom is -0.450 e. The number of hydrogen-bond donors (Lipinski definition) is 0. The van der Waals surface area contributed by atoms with Crippen LogP contribution in [0.4, 0.5) is 0 Å². The lowest BCUT2D eigenvalue weighted by molar-refractivity contribution is 0.613. The zero-order valence-corrected chi connectivity index (χ0v) is 11.8. The van der Waals surface area contributed by atoms with Crippen LogP contribution in [0.25, 0.3) is 44.0 Å². The number of furan rings is 2. The van der Waals surface area contributed by atoms with Gasteiger partial charge in [0.2, 0.25) is 11.3 Å². The van der Waals surface area contributed by atoms with Gasteiger partial charge in [-0.15, -0.1) is 0 Å². The van der Waals surface area contributed by atoms with Gasteiger partial charge >= 0.3 is 0 Å². The highest BCUT2D eigenvalue weighted by Crippen LogP contribution is 2.37. The van der Waals surface area contributed by atoms with Crippen molar-refractivity contribution in [3.63, 3.8) is 0 Å². The minimum absolute atomic E-state index is 0.183. The third kappa shape index (κ3) is 1.25. The molecule has 4 heteroatoms. The van der Waals surface area contributed by atoms with Gasteiger partial charge in [0.25, 0.3) is 5.56 Å².